The van der Waals surface area contributed by atoms with Gasteiger partial charge in [0.2, 0.25) is 0 Å². The van der Waals surface area contributed by atoms with Gasteiger partial charge in [-0.05, 0) is 29.8 Å². The Morgan fingerprint density at radius 1 is 1.26 bits per heavy atom. The van der Waals surface area contributed by atoms with Gasteiger partial charge in [0.15, 0.2) is 0 Å². The fraction of sp³-hybridized carbons (Fsp3) is 0.0588. The van der Waals surface area contributed by atoms with Gasteiger partial charge in [0.05, 0.1) is 0 Å². The number of imidazole rings is 1. The van der Waals surface area contributed by atoms with Gasteiger partial charge in [-0.2, -0.15) is 0 Å². The first-order chi connectivity index (χ1) is 11.0. The molecule has 3 rings (SSSR count). The molecule has 4 nitrogen and oxygen atoms in total. The van der Waals surface area contributed by atoms with Crippen LogP contribution in [0.4, 0.5) is 4.39 Å². The van der Waals surface area contributed by atoms with E-state index in [0.717, 1.165) is 5.56 Å². The molecule has 2 aromatic carbocycles. The van der Waals surface area contributed by atoms with E-state index < -0.39 is 0 Å². The van der Waals surface area contributed by atoms with Gasteiger partial charge in [0, 0.05) is 34.5 Å². The SMILES string of the molecule is N=C(N)c1cccc(Cn2ccnc2-c2cc(F)cc(Br)c2)c1. The van der Waals surface area contributed by atoms with Gasteiger partial charge in [-0.15, -0.1) is 0 Å². The van der Waals surface area contributed by atoms with Crippen LogP contribution in [0.1, 0.15) is 11.1 Å². The summed E-state index contributed by atoms with van der Waals surface area (Å²) in [6.07, 6.45) is 3.53. The number of nitrogens with two attached hydrogens (primary N) is 1. The van der Waals surface area contributed by atoms with Crippen LogP contribution < -0.4 is 5.73 Å². The minimum atomic E-state index is -0.317. The number of hydrogen-bond donors (Lipinski definition) is 2. The van der Waals surface area contributed by atoms with Crippen LogP contribution in [0.3, 0.4) is 0 Å². The zero-order valence-electron chi connectivity index (χ0n) is 12.1. The Morgan fingerprint density at radius 3 is 2.83 bits per heavy atom. The molecule has 0 atom stereocenters. The van der Waals surface area contributed by atoms with Crippen molar-refractivity contribution in [3.05, 3.63) is 76.3 Å². The molecule has 1 aromatic heterocycles. The number of nitrogen functional groups attached to an aromatic ring is 1. The van der Waals surface area contributed by atoms with Crippen molar-refractivity contribution in [1.82, 2.24) is 9.55 Å². The predicted octanol–water partition coefficient (Wildman–Crippen LogP) is 3.78. The minimum absolute atomic E-state index is 0.0340. The van der Waals surface area contributed by atoms with Crippen LogP contribution >= 0.6 is 15.9 Å². The van der Waals surface area contributed by atoms with Gasteiger partial charge in [-0.1, -0.05) is 34.1 Å². The first-order valence-electron chi connectivity index (χ1n) is 6.94. The van der Waals surface area contributed by atoms with Crippen molar-refractivity contribution in [2.45, 2.75) is 6.54 Å². The Morgan fingerprint density at radius 2 is 2.09 bits per heavy atom. The molecule has 0 fully saturated rings. The monoisotopic (exact) mass is 372 g/mol. The van der Waals surface area contributed by atoms with Crippen LogP contribution in [0.5, 0.6) is 0 Å². The highest BCUT2D eigenvalue weighted by atomic mass is 79.9. The van der Waals surface area contributed by atoms with Crippen LogP contribution in [0, 0.1) is 11.2 Å². The maximum atomic E-state index is 13.6. The van der Waals surface area contributed by atoms with E-state index in [-0.39, 0.29) is 11.7 Å². The second-order valence-electron chi connectivity index (χ2n) is 5.15. The third-order valence-electron chi connectivity index (χ3n) is 3.43. The highest BCUT2D eigenvalue weighted by Crippen LogP contribution is 2.24. The molecule has 0 unspecified atom stereocenters. The normalized spacial score (nSPS) is 10.7. The number of halogens is 2. The van der Waals surface area contributed by atoms with Crippen LogP contribution in [0.2, 0.25) is 0 Å². The second kappa shape index (κ2) is 6.34. The van der Waals surface area contributed by atoms with Crippen molar-refractivity contribution < 1.29 is 4.39 Å². The molecule has 0 bridgehead atoms. The number of nitrogens with one attached hydrogen (secondary N) is 1. The largest absolute Gasteiger partial charge is 0.384 e. The molecule has 0 aliphatic heterocycles. The molecule has 0 aliphatic carbocycles. The number of benzene rings is 2. The number of aromatic nitrogens is 2. The first kappa shape index (κ1) is 15.4. The van der Waals surface area contributed by atoms with Gasteiger partial charge in [0.1, 0.15) is 17.5 Å². The van der Waals surface area contributed by atoms with E-state index in [4.69, 9.17) is 11.1 Å². The maximum Gasteiger partial charge on any atom is 0.140 e. The Kier molecular flexibility index (Phi) is 4.25. The maximum absolute atomic E-state index is 13.6. The lowest BCUT2D eigenvalue weighted by molar-refractivity contribution is 0.627. The molecule has 1 heterocycles. The lowest BCUT2D eigenvalue weighted by Crippen LogP contribution is -2.11. The summed E-state index contributed by atoms with van der Waals surface area (Å²) in [4.78, 5) is 4.33. The molecule has 3 aromatic rings. The average molecular weight is 373 g/mol. The number of hydrogen-bond acceptors (Lipinski definition) is 2. The molecule has 6 heteroatoms. The number of rotatable bonds is 4. The van der Waals surface area contributed by atoms with Crippen molar-refractivity contribution >= 4 is 21.8 Å². The minimum Gasteiger partial charge on any atom is -0.384 e. The van der Waals surface area contributed by atoms with E-state index >= 15 is 0 Å². The molecular formula is C17H14BrFN4. The predicted molar refractivity (Wildman–Crippen MR) is 91.9 cm³/mol. The summed E-state index contributed by atoms with van der Waals surface area (Å²) in [5.74, 6) is 0.396. The molecular weight excluding hydrogens is 359 g/mol. The molecule has 3 N–H and O–H groups in total. The van der Waals surface area contributed by atoms with E-state index in [1.807, 2.05) is 35.0 Å². The molecule has 0 radical (unpaired) electrons. The Labute approximate surface area is 141 Å². The highest BCUT2D eigenvalue weighted by molar-refractivity contribution is 9.10. The lowest BCUT2D eigenvalue weighted by atomic mass is 10.1. The van der Waals surface area contributed by atoms with Gasteiger partial charge < -0.3 is 10.3 Å². The summed E-state index contributed by atoms with van der Waals surface area (Å²) in [6, 6.07) is 12.2. The summed E-state index contributed by atoms with van der Waals surface area (Å²) >= 11 is 3.30. The summed E-state index contributed by atoms with van der Waals surface area (Å²) in [5, 5.41) is 7.52. The van der Waals surface area contributed by atoms with Crippen LogP contribution in [-0.4, -0.2) is 15.4 Å². The summed E-state index contributed by atoms with van der Waals surface area (Å²) < 4.78 is 16.2. The van der Waals surface area contributed by atoms with Crippen molar-refractivity contribution in [2.75, 3.05) is 0 Å². The fourth-order valence-electron chi connectivity index (χ4n) is 2.41. The molecule has 0 aliphatic rings. The lowest BCUT2D eigenvalue weighted by Gasteiger charge is -2.10. The highest BCUT2D eigenvalue weighted by Gasteiger charge is 2.09. The average Bonchev–Trinajstić information content (AvgIpc) is 2.94. The Bertz CT molecular complexity index is 852. The van der Waals surface area contributed by atoms with Gasteiger partial charge >= 0.3 is 0 Å². The molecule has 0 amide bonds. The zero-order chi connectivity index (χ0) is 16.4. The van der Waals surface area contributed by atoms with Crippen molar-refractivity contribution in [3.63, 3.8) is 0 Å². The van der Waals surface area contributed by atoms with Crippen molar-refractivity contribution in [3.8, 4) is 11.4 Å². The van der Waals surface area contributed by atoms with Gasteiger partial charge in [-0.3, -0.25) is 5.41 Å². The quantitative estimate of drug-likeness (QED) is 0.540. The zero-order valence-corrected chi connectivity index (χ0v) is 13.7. The summed E-state index contributed by atoms with van der Waals surface area (Å²) in [7, 11) is 0. The standard InChI is InChI=1S/C17H14BrFN4/c18-14-7-13(8-15(19)9-14)17-22-4-5-23(17)10-11-2-1-3-12(6-11)16(20)21/h1-9H,10H2,(H3,20,21). The molecule has 0 saturated carbocycles. The van der Waals surface area contributed by atoms with E-state index in [1.165, 1.54) is 12.1 Å². The van der Waals surface area contributed by atoms with Gasteiger partial charge in [0.25, 0.3) is 0 Å². The topological polar surface area (TPSA) is 67.7 Å². The smallest absolute Gasteiger partial charge is 0.140 e. The Hall–Kier alpha value is -2.47. The Balaban J connectivity index is 1.95. The first-order valence-corrected chi connectivity index (χ1v) is 7.73. The molecule has 0 saturated heterocycles. The number of nitrogens with zero attached hydrogens (tertiary/aromatic N) is 2. The van der Waals surface area contributed by atoms with Gasteiger partial charge in [-0.25, -0.2) is 9.37 Å². The van der Waals surface area contributed by atoms with Crippen LogP contribution in [0.15, 0.2) is 59.3 Å². The molecule has 0 spiro atoms. The second-order valence-corrected chi connectivity index (χ2v) is 6.07. The van der Waals surface area contributed by atoms with E-state index in [0.29, 0.717) is 28.0 Å². The molecule has 116 valence electrons. The van der Waals surface area contributed by atoms with Crippen LogP contribution in [0.25, 0.3) is 11.4 Å². The summed E-state index contributed by atoms with van der Waals surface area (Å²) in [5.41, 5.74) is 7.90. The van der Waals surface area contributed by atoms with E-state index in [1.54, 1.807) is 12.3 Å². The van der Waals surface area contributed by atoms with E-state index in [2.05, 4.69) is 20.9 Å². The third kappa shape index (κ3) is 3.48. The summed E-state index contributed by atoms with van der Waals surface area (Å²) in [6.45, 7) is 0.560. The van der Waals surface area contributed by atoms with Crippen molar-refractivity contribution in [1.29, 1.82) is 5.41 Å². The van der Waals surface area contributed by atoms with E-state index in [9.17, 15) is 4.39 Å². The fourth-order valence-corrected chi connectivity index (χ4v) is 2.88. The third-order valence-corrected chi connectivity index (χ3v) is 3.88. The molecule has 23 heavy (non-hydrogen) atoms. The van der Waals surface area contributed by atoms with Crippen LogP contribution in [-0.2, 0) is 6.54 Å². The van der Waals surface area contributed by atoms with Crippen molar-refractivity contribution in [2.24, 2.45) is 5.73 Å². The number of amidine groups is 1.